The van der Waals surface area contributed by atoms with Crippen LogP contribution in [0.15, 0.2) is 72.8 Å². The number of aromatic nitrogens is 2. The molecule has 4 atom stereocenters. The second-order valence-corrected chi connectivity index (χ2v) is 21.0. The number of hydrogen-bond acceptors (Lipinski definition) is 9. The van der Waals surface area contributed by atoms with E-state index in [0.717, 1.165) is 47.8 Å². The van der Waals surface area contributed by atoms with E-state index in [1.54, 1.807) is 70.3 Å². The van der Waals surface area contributed by atoms with Gasteiger partial charge in [0.05, 0.1) is 18.2 Å². The molecule has 4 aliphatic heterocycles. The van der Waals surface area contributed by atoms with Gasteiger partial charge in [0.15, 0.2) is 5.69 Å². The number of unbranched alkanes of at least 4 members (excludes halogenated alkanes) is 4. The molecule has 4 aliphatic rings. The van der Waals surface area contributed by atoms with Gasteiger partial charge in [0.1, 0.15) is 18.1 Å². The highest BCUT2D eigenvalue weighted by atomic mass is 31.2. The SMILES string of the molecule is Cc1ccc2[nH]nc(C(=O)N3CC[C@H]4CC[C@@H](C(=O)N(C)CCCCCCC#Cc5cccc6c5CN(C5CCC(=O)NC5=O)C6=O)N4C(=O)[C@@H](NC(=O)c4ccc5ccc(CP(=O)(O)O)cc5c4)C3)c2c1. The number of rotatable bonds is 13. The summed E-state index contributed by atoms with van der Waals surface area (Å²) in [6.45, 7) is 2.72. The van der Waals surface area contributed by atoms with Crippen molar-refractivity contribution < 1.29 is 47.9 Å². The summed E-state index contributed by atoms with van der Waals surface area (Å²) in [5.41, 5.74) is 4.47. The fourth-order valence-corrected chi connectivity index (χ4v) is 11.2. The Morgan fingerprint density at radius 1 is 0.917 bits per heavy atom. The molecule has 5 heterocycles. The molecule has 19 heteroatoms. The van der Waals surface area contributed by atoms with Crippen LogP contribution in [0, 0.1) is 18.8 Å². The van der Waals surface area contributed by atoms with E-state index in [9.17, 15) is 47.9 Å². The summed E-state index contributed by atoms with van der Waals surface area (Å²) in [5, 5.41) is 14.5. The molecule has 18 nitrogen and oxygen atoms in total. The molecule has 1 aromatic heterocycles. The lowest BCUT2D eigenvalue weighted by Gasteiger charge is -2.39. The Labute approximate surface area is 416 Å². The zero-order valence-corrected chi connectivity index (χ0v) is 41.1. The van der Waals surface area contributed by atoms with Crippen molar-refractivity contribution in [3.05, 3.63) is 112 Å². The molecule has 0 spiro atoms. The number of benzene rings is 4. The van der Waals surface area contributed by atoms with Crippen LogP contribution in [0.25, 0.3) is 21.7 Å². The summed E-state index contributed by atoms with van der Waals surface area (Å²) in [5.74, 6) is 3.77. The first-order valence-corrected chi connectivity index (χ1v) is 26.3. The summed E-state index contributed by atoms with van der Waals surface area (Å²) in [6.07, 6.45) is 5.29. The van der Waals surface area contributed by atoms with E-state index < -0.39 is 55.5 Å². The Bertz CT molecular complexity index is 3140. The van der Waals surface area contributed by atoms with E-state index in [1.165, 1.54) is 4.90 Å². The molecule has 5 N–H and O–H groups in total. The van der Waals surface area contributed by atoms with Crippen molar-refractivity contribution in [3.63, 3.8) is 0 Å². The number of nitrogens with zero attached hydrogens (tertiary/aromatic N) is 5. The van der Waals surface area contributed by atoms with Crippen molar-refractivity contribution in [2.45, 2.75) is 108 Å². The zero-order valence-electron chi connectivity index (χ0n) is 40.2. The number of carbonyl (C=O) groups excluding carboxylic acids is 7. The molecular weight excluding hydrogens is 940 g/mol. The van der Waals surface area contributed by atoms with E-state index in [1.807, 2.05) is 31.2 Å². The third kappa shape index (κ3) is 10.7. The van der Waals surface area contributed by atoms with Crippen LogP contribution in [-0.4, -0.2) is 132 Å². The fourth-order valence-electron chi connectivity index (χ4n) is 10.5. The van der Waals surface area contributed by atoms with Crippen LogP contribution >= 0.6 is 7.60 Å². The van der Waals surface area contributed by atoms with Crippen LogP contribution < -0.4 is 10.6 Å². The molecule has 4 aromatic carbocycles. The molecule has 1 unspecified atom stereocenters. The standard InChI is InChI=1S/C53H57N8O10P/c1-32-13-19-42-40(26-32)47(57-56-42)53(68)59-25-23-38-18-20-45(61(38)51(66)43(30-59)54-48(63)36-17-16-34-15-14-33(27-37(34)28-36)31-72(69,70)71)52(67)58(2)24-8-6-4-3-5-7-10-35-11-9-12-39-41(35)29-60(50(39)65)44-21-22-46(62)55-49(44)64/h9,11-17,19,26-28,38,43-45H,3-6,8,18,20-25,29-31H2,1-2H3,(H,54,63)(H,56,57)(H,55,62,64)(H2,69,70,71)/t38-,43+,44?,45+/m1/s1. The molecule has 374 valence electrons. The molecule has 3 saturated heterocycles. The topological polar surface area (TPSA) is 243 Å². The van der Waals surface area contributed by atoms with Gasteiger partial charge in [-0.1, -0.05) is 66.6 Å². The number of piperidine rings is 1. The molecule has 0 radical (unpaired) electrons. The second kappa shape index (κ2) is 20.9. The van der Waals surface area contributed by atoms with Crippen molar-refractivity contribution in [3.8, 4) is 11.8 Å². The minimum Gasteiger partial charge on any atom is -0.344 e. The fraction of sp³-hybridized carbons (Fsp3) is 0.396. The molecule has 72 heavy (non-hydrogen) atoms. The van der Waals surface area contributed by atoms with Gasteiger partial charge in [-0.25, -0.2) is 0 Å². The zero-order chi connectivity index (χ0) is 50.8. The highest BCUT2D eigenvalue weighted by Gasteiger charge is 2.46. The summed E-state index contributed by atoms with van der Waals surface area (Å²) >= 11 is 0. The van der Waals surface area contributed by atoms with Crippen LogP contribution in [-0.2, 0) is 36.4 Å². The van der Waals surface area contributed by atoms with E-state index in [-0.39, 0.29) is 67.5 Å². The second-order valence-electron chi connectivity index (χ2n) is 19.4. The number of fused-ring (bicyclic) bond motifs is 4. The van der Waals surface area contributed by atoms with Gasteiger partial charge in [-0.2, -0.15) is 5.10 Å². The number of likely N-dealkylation sites (N-methyl/N-ethyl adjacent to an activating group) is 1. The smallest absolute Gasteiger partial charge is 0.329 e. The minimum atomic E-state index is -4.35. The number of carbonyl (C=O) groups is 7. The van der Waals surface area contributed by atoms with Gasteiger partial charge in [-0.05, 0) is 104 Å². The molecule has 0 saturated carbocycles. The summed E-state index contributed by atoms with van der Waals surface area (Å²) in [7, 11) is -2.62. The van der Waals surface area contributed by atoms with Gasteiger partial charge in [0.2, 0.25) is 23.6 Å². The Morgan fingerprint density at radius 3 is 2.53 bits per heavy atom. The monoisotopic (exact) mass is 996 g/mol. The van der Waals surface area contributed by atoms with Crippen molar-refractivity contribution in [1.29, 1.82) is 0 Å². The number of H-pyrrole nitrogens is 1. The van der Waals surface area contributed by atoms with Crippen molar-refractivity contribution in [2.75, 3.05) is 26.7 Å². The largest absolute Gasteiger partial charge is 0.344 e. The summed E-state index contributed by atoms with van der Waals surface area (Å²) in [4.78, 5) is 120. The highest BCUT2D eigenvalue weighted by Crippen LogP contribution is 2.40. The van der Waals surface area contributed by atoms with Gasteiger partial charge < -0.3 is 34.7 Å². The van der Waals surface area contributed by atoms with Crippen LogP contribution in [0.1, 0.15) is 118 Å². The number of aryl methyl sites for hydroxylation is 1. The maximum atomic E-state index is 14.9. The van der Waals surface area contributed by atoms with Crippen molar-refractivity contribution >= 4 is 70.6 Å². The van der Waals surface area contributed by atoms with E-state index in [2.05, 4.69) is 32.7 Å². The number of nitrogens with one attached hydrogen (secondary N) is 3. The van der Waals surface area contributed by atoms with Crippen LogP contribution in [0.2, 0.25) is 0 Å². The van der Waals surface area contributed by atoms with Gasteiger partial charge >= 0.3 is 7.60 Å². The van der Waals surface area contributed by atoms with Crippen molar-refractivity contribution in [2.24, 2.45) is 0 Å². The average molecular weight is 997 g/mol. The predicted octanol–water partition coefficient (Wildman–Crippen LogP) is 4.93. The lowest BCUT2D eigenvalue weighted by molar-refractivity contribution is -0.146. The molecule has 9 rings (SSSR count). The Hall–Kier alpha value is -7.19. The maximum Gasteiger partial charge on any atom is 0.329 e. The minimum absolute atomic E-state index is 0.176. The molecule has 3 fully saturated rings. The van der Waals surface area contributed by atoms with Gasteiger partial charge in [0, 0.05) is 67.6 Å². The Balaban J connectivity index is 0.833. The summed E-state index contributed by atoms with van der Waals surface area (Å²) in [6, 6.07) is 17.8. The van der Waals surface area contributed by atoms with Crippen LogP contribution in [0.3, 0.4) is 0 Å². The third-order valence-corrected chi connectivity index (χ3v) is 15.0. The first kappa shape index (κ1) is 49.8. The van der Waals surface area contributed by atoms with E-state index in [4.69, 9.17) is 0 Å². The predicted molar refractivity (Wildman–Crippen MR) is 266 cm³/mol. The average Bonchev–Trinajstić information content (AvgIpc) is 4.06. The van der Waals surface area contributed by atoms with E-state index in [0.29, 0.717) is 59.6 Å². The van der Waals surface area contributed by atoms with E-state index >= 15 is 0 Å². The molecule has 0 aliphatic carbocycles. The first-order valence-electron chi connectivity index (χ1n) is 24.5. The quantitative estimate of drug-likeness (QED) is 0.0459. The molecule has 7 amide bonds. The van der Waals surface area contributed by atoms with Crippen LogP contribution in [0.5, 0.6) is 0 Å². The molecule has 5 aromatic rings. The third-order valence-electron chi connectivity index (χ3n) is 14.3. The molecular formula is C53H57N8O10P. The lowest BCUT2D eigenvalue weighted by Crippen LogP contribution is -2.61. The molecule has 0 bridgehead atoms. The maximum absolute atomic E-state index is 14.9. The van der Waals surface area contributed by atoms with Crippen molar-refractivity contribution in [1.82, 2.24) is 40.4 Å². The number of aromatic amines is 1. The Kier molecular flexibility index (Phi) is 14.4. The lowest BCUT2D eigenvalue weighted by atomic mass is 10.0. The van der Waals surface area contributed by atoms with Gasteiger partial charge in [0.25, 0.3) is 17.7 Å². The van der Waals surface area contributed by atoms with Gasteiger partial charge in [-0.15, -0.1) is 0 Å². The summed E-state index contributed by atoms with van der Waals surface area (Å²) < 4.78 is 11.8. The first-order chi connectivity index (χ1) is 34.5. The van der Waals surface area contributed by atoms with Crippen LogP contribution in [0.4, 0.5) is 0 Å². The number of amides is 7. The normalized spacial score (nSPS) is 20.1. The number of hydrogen-bond donors (Lipinski definition) is 5. The Morgan fingerprint density at radius 2 is 1.72 bits per heavy atom. The highest BCUT2D eigenvalue weighted by molar-refractivity contribution is 7.50. The van der Waals surface area contributed by atoms with Gasteiger partial charge in [-0.3, -0.25) is 48.5 Å². The number of imide groups is 1.